The summed E-state index contributed by atoms with van der Waals surface area (Å²) in [5, 5.41) is 2.69. The summed E-state index contributed by atoms with van der Waals surface area (Å²) in [6.07, 6.45) is 2.85. The van der Waals surface area contributed by atoms with Crippen LogP contribution in [0.5, 0.6) is 0 Å². The summed E-state index contributed by atoms with van der Waals surface area (Å²) < 4.78 is 12.7. The second-order valence-corrected chi connectivity index (χ2v) is 3.79. The lowest BCUT2D eigenvalue weighted by atomic mass is 9.96. The molecule has 1 aromatic rings. The molecule has 0 unspecified atom stereocenters. The van der Waals surface area contributed by atoms with E-state index in [9.17, 15) is 9.18 Å². The van der Waals surface area contributed by atoms with Gasteiger partial charge in [0.05, 0.1) is 0 Å². The third-order valence-corrected chi connectivity index (χ3v) is 2.83. The molecule has 14 heavy (non-hydrogen) atoms. The van der Waals surface area contributed by atoms with E-state index in [-0.39, 0.29) is 11.2 Å². The highest BCUT2D eigenvalue weighted by Gasteiger charge is 2.43. The van der Waals surface area contributed by atoms with Crippen LogP contribution < -0.4 is 5.32 Å². The van der Waals surface area contributed by atoms with E-state index in [4.69, 9.17) is 0 Å². The number of hydrogen-bond donors (Lipinski definition) is 1. The zero-order chi connectivity index (χ0) is 10.0. The number of carbonyl (C=O) groups excluding carboxylic acids is 1. The van der Waals surface area contributed by atoms with Gasteiger partial charge >= 0.3 is 0 Å². The van der Waals surface area contributed by atoms with E-state index in [0.29, 0.717) is 13.0 Å². The van der Waals surface area contributed by atoms with Crippen LogP contribution >= 0.6 is 0 Å². The second-order valence-electron chi connectivity index (χ2n) is 3.79. The first-order chi connectivity index (χ1) is 6.77. The van der Waals surface area contributed by atoms with Crippen LogP contribution in [-0.4, -0.2) is 13.0 Å². The number of rotatable bonds is 4. The van der Waals surface area contributed by atoms with Crippen molar-refractivity contribution in [2.24, 2.45) is 0 Å². The Morgan fingerprint density at radius 1 is 1.36 bits per heavy atom. The Labute approximate surface area is 82.1 Å². The van der Waals surface area contributed by atoms with Crippen LogP contribution in [0.1, 0.15) is 18.4 Å². The molecule has 1 aliphatic rings. The molecule has 1 saturated carbocycles. The van der Waals surface area contributed by atoms with Gasteiger partial charge < -0.3 is 5.32 Å². The fraction of sp³-hybridized carbons (Fsp3) is 0.364. The van der Waals surface area contributed by atoms with E-state index in [1.54, 1.807) is 12.1 Å². The SMILES string of the molecule is O=CNCC1(c2ccc(F)cc2)CC1. The Kier molecular flexibility index (Phi) is 2.23. The fourth-order valence-electron chi connectivity index (χ4n) is 1.76. The number of benzene rings is 1. The van der Waals surface area contributed by atoms with Crippen molar-refractivity contribution in [3.8, 4) is 0 Å². The largest absolute Gasteiger partial charge is 0.358 e. The number of carbonyl (C=O) groups is 1. The summed E-state index contributed by atoms with van der Waals surface area (Å²) >= 11 is 0. The van der Waals surface area contributed by atoms with Crippen LogP contribution in [0.2, 0.25) is 0 Å². The summed E-state index contributed by atoms with van der Waals surface area (Å²) in [4.78, 5) is 10.2. The number of halogens is 1. The highest BCUT2D eigenvalue weighted by molar-refractivity contribution is 5.47. The van der Waals surface area contributed by atoms with E-state index >= 15 is 0 Å². The zero-order valence-corrected chi connectivity index (χ0v) is 7.79. The van der Waals surface area contributed by atoms with Gasteiger partial charge in [0, 0.05) is 12.0 Å². The molecule has 1 fully saturated rings. The molecule has 0 aliphatic heterocycles. The van der Waals surface area contributed by atoms with E-state index in [1.807, 2.05) is 0 Å². The monoisotopic (exact) mass is 193 g/mol. The maximum Gasteiger partial charge on any atom is 0.207 e. The maximum atomic E-state index is 12.7. The Morgan fingerprint density at radius 2 is 2.00 bits per heavy atom. The molecule has 74 valence electrons. The van der Waals surface area contributed by atoms with Gasteiger partial charge in [-0.05, 0) is 30.5 Å². The molecule has 1 aromatic carbocycles. The van der Waals surface area contributed by atoms with Crippen LogP contribution in [0.4, 0.5) is 4.39 Å². The minimum Gasteiger partial charge on any atom is -0.358 e. The number of hydrogen-bond acceptors (Lipinski definition) is 1. The first kappa shape index (κ1) is 9.19. The topological polar surface area (TPSA) is 29.1 Å². The minimum atomic E-state index is -0.215. The van der Waals surface area contributed by atoms with Crippen LogP contribution in [0.3, 0.4) is 0 Å². The van der Waals surface area contributed by atoms with E-state index in [0.717, 1.165) is 18.4 Å². The zero-order valence-electron chi connectivity index (χ0n) is 7.79. The van der Waals surface area contributed by atoms with Gasteiger partial charge in [0.25, 0.3) is 0 Å². The van der Waals surface area contributed by atoms with E-state index in [2.05, 4.69) is 5.32 Å². The lowest BCUT2D eigenvalue weighted by Gasteiger charge is -2.14. The number of nitrogens with one attached hydrogen (secondary N) is 1. The first-order valence-corrected chi connectivity index (χ1v) is 4.70. The molecule has 0 spiro atoms. The van der Waals surface area contributed by atoms with Crippen molar-refractivity contribution in [2.75, 3.05) is 6.54 Å². The van der Waals surface area contributed by atoms with Gasteiger partial charge in [-0.15, -0.1) is 0 Å². The molecule has 1 amide bonds. The van der Waals surface area contributed by atoms with Crippen molar-refractivity contribution >= 4 is 6.41 Å². The molecule has 2 nitrogen and oxygen atoms in total. The Bertz CT molecular complexity index is 330. The third-order valence-electron chi connectivity index (χ3n) is 2.83. The minimum absolute atomic E-state index is 0.0780. The van der Waals surface area contributed by atoms with Crippen LogP contribution in [0.15, 0.2) is 24.3 Å². The first-order valence-electron chi connectivity index (χ1n) is 4.70. The Hall–Kier alpha value is -1.38. The highest BCUT2D eigenvalue weighted by atomic mass is 19.1. The second kappa shape index (κ2) is 3.40. The Balaban J connectivity index is 2.13. The van der Waals surface area contributed by atoms with E-state index < -0.39 is 0 Å². The molecule has 0 bridgehead atoms. The lowest BCUT2D eigenvalue weighted by Crippen LogP contribution is -2.25. The quantitative estimate of drug-likeness (QED) is 0.723. The van der Waals surface area contributed by atoms with Gasteiger partial charge in [-0.2, -0.15) is 0 Å². The fourth-order valence-corrected chi connectivity index (χ4v) is 1.76. The average molecular weight is 193 g/mol. The molecular formula is C11H12FNO. The maximum absolute atomic E-state index is 12.7. The van der Waals surface area contributed by atoms with Gasteiger partial charge in [0.15, 0.2) is 0 Å². The molecule has 1 aliphatic carbocycles. The van der Waals surface area contributed by atoms with Crippen LogP contribution in [0.25, 0.3) is 0 Å². The highest BCUT2D eigenvalue weighted by Crippen LogP contribution is 2.47. The molecule has 0 aromatic heterocycles. The van der Waals surface area contributed by atoms with Gasteiger partial charge in [-0.25, -0.2) is 4.39 Å². The molecule has 2 rings (SSSR count). The van der Waals surface area contributed by atoms with Crippen molar-refractivity contribution in [2.45, 2.75) is 18.3 Å². The van der Waals surface area contributed by atoms with Crippen molar-refractivity contribution in [3.63, 3.8) is 0 Å². The Morgan fingerprint density at radius 3 is 2.50 bits per heavy atom. The summed E-state index contributed by atoms with van der Waals surface area (Å²) in [6.45, 7) is 0.655. The van der Waals surface area contributed by atoms with Gasteiger partial charge in [0.2, 0.25) is 6.41 Å². The molecular weight excluding hydrogens is 181 g/mol. The predicted molar refractivity (Wildman–Crippen MR) is 51.4 cm³/mol. The lowest BCUT2D eigenvalue weighted by molar-refractivity contribution is -0.109. The molecule has 0 radical (unpaired) electrons. The van der Waals surface area contributed by atoms with Crippen molar-refractivity contribution in [3.05, 3.63) is 35.6 Å². The molecule has 0 atom stereocenters. The molecule has 0 saturated heterocycles. The standard InChI is InChI=1S/C11H12FNO/c12-10-3-1-9(2-4-10)11(5-6-11)7-13-8-14/h1-4,8H,5-7H2,(H,13,14). The van der Waals surface area contributed by atoms with Gasteiger partial charge in [-0.1, -0.05) is 12.1 Å². The van der Waals surface area contributed by atoms with Crippen molar-refractivity contribution in [1.29, 1.82) is 0 Å². The predicted octanol–water partition coefficient (Wildman–Crippen LogP) is 1.60. The van der Waals surface area contributed by atoms with Gasteiger partial charge in [0.1, 0.15) is 5.82 Å². The summed E-state index contributed by atoms with van der Waals surface area (Å²) in [5.74, 6) is -0.215. The summed E-state index contributed by atoms with van der Waals surface area (Å²) in [6, 6.07) is 6.54. The van der Waals surface area contributed by atoms with E-state index in [1.165, 1.54) is 12.1 Å². The van der Waals surface area contributed by atoms with Crippen LogP contribution in [0, 0.1) is 5.82 Å². The molecule has 0 heterocycles. The van der Waals surface area contributed by atoms with Crippen LogP contribution in [-0.2, 0) is 10.2 Å². The van der Waals surface area contributed by atoms with Crippen molar-refractivity contribution in [1.82, 2.24) is 5.32 Å². The van der Waals surface area contributed by atoms with Crippen molar-refractivity contribution < 1.29 is 9.18 Å². The normalized spacial score (nSPS) is 17.5. The third kappa shape index (κ3) is 1.62. The van der Waals surface area contributed by atoms with Gasteiger partial charge in [-0.3, -0.25) is 4.79 Å². The average Bonchev–Trinajstić information content (AvgIpc) is 2.97. The smallest absolute Gasteiger partial charge is 0.207 e. The summed E-state index contributed by atoms with van der Waals surface area (Å²) in [5.41, 5.74) is 1.20. The summed E-state index contributed by atoms with van der Waals surface area (Å²) in [7, 11) is 0. The number of amides is 1. The molecule has 1 N–H and O–H groups in total. The molecule has 3 heteroatoms.